The maximum Gasteiger partial charge on any atom is 0.331 e. The lowest BCUT2D eigenvalue weighted by Crippen LogP contribution is -2.12. The second-order valence-electron chi connectivity index (χ2n) is 2.00. The molecule has 0 bridgehead atoms. The van der Waals surface area contributed by atoms with Crippen LogP contribution in [-0.2, 0) is 21.0 Å². The molecule has 0 aromatic carbocycles. The summed E-state index contributed by atoms with van der Waals surface area (Å²) in [6, 6.07) is 0. The van der Waals surface area contributed by atoms with Crippen LogP contribution in [0.4, 0.5) is 0 Å². The second-order valence-corrected chi connectivity index (χ2v) is 2.00. The van der Waals surface area contributed by atoms with Crippen LogP contribution in [0, 0.1) is 0 Å². The summed E-state index contributed by atoms with van der Waals surface area (Å²) in [5.74, 6) is -0.407. The van der Waals surface area contributed by atoms with Crippen molar-refractivity contribution < 1.29 is 14.3 Å². The lowest BCUT2D eigenvalue weighted by Gasteiger charge is -2.00. The van der Waals surface area contributed by atoms with Gasteiger partial charge in [-0.3, -0.25) is 0 Å². The number of ether oxygens (including phenoxy) is 2. The summed E-state index contributed by atoms with van der Waals surface area (Å²) in [6.45, 7) is 0.130. The zero-order valence-corrected chi connectivity index (χ0v) is 6.64. The van der Waals surface area contributed by atoms with E-state index in [1.54, 1.807) is 6.20 Å². The van der Waals surface area contributed by atoms with Gasteiger partial charge < -0.3 is 9.47 Å². The maximum atomic E-state index is 10.5. The third-order valence-corrected chi connectivity index (χ3v) is 1.14. The molecule has 6 nitrogen and oxygen atoms in total. The summed E-state index contributed by atoms with van der Waals surface area (Å²) in [4.78, 5) is 10.5. The molecule has 1 aromatic rings. The van der Waals surface area contributed by atoms with Crippen molar-refractivity contribution in [1.29, 1.82) is 0 Å². The summed E-state index contributed by atoms with van der Waals surface area (Å²) >= 11 is 0. The van der Waals surface area contributed by atoms with Crippen LogP contribution in [0.5, 0.6) is 0 Å². The minimum absolute atomic E-state index is 0.0731. The molecule has 0 saturated carbocycles. The normalized spacial score (nSPS) is 9.75. The molecule has 12 heavy (non-hydrogen) atoms. The van der Waals surface area contributed by atoms with Gasteiger partial charge in [-0.25, -0.2) is 9.48 Å². The summed E-state index contributed by atoms with van der Waals surface area (Å²) < 4.78 is 10.7. The first-order valence-electron chi connectivity index (χ1n) is 3.31. The molecule has 0 saturated heterocycles. The van der Waals surface area contributed by atoms with Gasteiger partial charge in [-0.1, -0.05) is 5.21 Å². The van der Waals surface area contributed by atoms with E-state index in [1.807, 2.05) is 0 Å². The number of aromatic nitrogens is 3. The van der Waals surface area contributed by atoms with Gasteiger partial charge in [0.15, 0.2) is 0 Å². The minimum Gasteiger partial charge on any atom is -0.467 e. The van der Waals surface area contributed by atoms with E-state index >= 15 is 0 Å². The van der Waals surface area contributed by atoms with Crippen LogP contribution in [0.15, 0.2) is 12.4 Å². The highest BCUT2D eigenvalue weighted by Crippen LogP contribution is 1.84. The summed E-state index contributed by atoms with van der Waals surface area (Å²) in [7, 11) is 1.31. The van der Waals surface area contributed by atoms with Crippen LogP contribution in [0.2, 0.25) is 0 Å². The first-order chi connectivity index (χ1) is 5.83. The molecule has 1 heterocycles. The molecular formula is C6H9N3O3. The van der Waals surface area contributed by atoms with Crippen molar-refractivity contribution in [3.8, 4) is 0 Å². The van der Waals surface area contributed by atoms with Gasteiger partial charge >= 0.3 is 5.97 Å². The third kappa shape index (κ3) is 2.67. The Hall–Kier alpha value is -1.43. The van der Waals surface area contributed by atoms with Crippen molar-refractivity contribution >= 4 is 5.97 Å². The summed E-state index contributed by atoms with van der Waals surface area (Å²) in [5, 5.41) is 7.19. The zero-order chi connectivity index (χ0) is 8.81. The molecule has 0 unspecified atom stereocenters. The van der Waals surface area contributed by atoms with E-state index in [2.05, 4.69) is 15.0 Å². The monoisotopic (exact) mass is 171 g/mol. The minimum atomic E-state index is -0.407. The van der Waals surface area contributed by atoms with Gasteiger partial charge in [0.2, 0.25) is 0 Å². The Morgan fingerprint density at radius 1 is 1.67 bits per heavy atom. The van der Waals surface area contributed by atoms with Crippen LogP contribution in [0.3, 0.4) is 0 Å². The van der Waals surface area contributed by atoms with Gasteiger partial charge in [0.25, 0.3) is 0 Å². The Bertz CT molecular complexity index is 234. The molecule has 1 aromatic heterocycles. The number of nitrogens with zero attached hydrogens (tertiary/aromatic N) is 3. The third-order valence-electron chi connectivity index (χ3n) is 1.14. The van der Waals surface area contributed by atoms with E-state index in [0.29, 0.717) is 0 Å². The van der Waals surface area contributed by atoms with E-state index in [4.69, 9.17) is 4.74 Å². The topological polar surface area (TPSA) is 66.2 Å². The molecule has 0 aliphatic heterocycles. The highest BCUT2D eigenvalue weighted by molar-refractivity contribution is 5.70. The lowest BCUT2D eigenvalue weighted by molar-refractivity contribution is -0.147. The molecule has 0 aliphatic rings. The van der Waals surface area contributed by atoms with Crippen molar-refractivity contribution in [3.05, 3.63) is 12.4 Å². The zero-order valence-electron chi connectivity index (χ0n) is 6.64. The number of hydrogen-bond donors (Lipinski definition) is 0. The highest BCUT2D eigenvalue weighted by Gasteiger charge is 1.99. The Labute approximate surface area is 69.1 Å². The highest BCUT2D eigenvalue weighted by atomic mass is 16.6. The van der Waals surface area contributed by atoms with Crippen LogP contribution in [-0.4, -0.2) is 34.7 Å². The van der Waals surface area contributed by atoms with Crippen LogP contribution < -0.4 is 0 Å². The largest absolute Gasteiger partial charge is 0.467 e. The predicted octanol–water partition coefficient (Wildman–Crippen LogP) is -0.575. The van der Waals surface area contributed by atoms with Crippen molar-refractivity contribution in [3.63, 3.8) is 0 Å². The number of carbonyl (C=O) groups excluding carboxylic acids is 1. The smallest absolute Gasteiger partial charge is 0.331 e. The van der Waals surface area contributed by atoms with Gasteiger partial charge in [-0.15, -0.1) is 5.10 Å². The van der Waals surface area contributed by atoms with Gasteiger partial charge in [0, 0.05) is 6.20 Å². The van der Waals surface area contributed by atoms with Crippen molar-refractivity contribution in [1.82, 2.24) is 15.0 Å². The number of carbonyl (C=O) groups is 1. The average Bonchev–Trinajstić information content (AvgIpc) is 2.57. The number of hydrogen-bond acceptors (Lipinski definition) is 5. The fourth-order valence-corrected chi connectivity index (χ4v) is 0.583. The molecule has 0 amide bonds. The Kier molecular flexibility index (Phi) is 3.21. The quantitative estimate of drug-likeness (QED) is 0.567. The first kappa shape index (κ1) is 8.66. The molecule has 6 heteroatoms. The van der Waals surface area contributed by atoms with Gasteiger partial charge in [0.05, 0.1) is 13.3 Å². The summed E-state index contributed by atoms with van der Waals surface area (Å²) in [5.41, 5.74) is 0. The number of rotatable bonds is 4. The molecule has 0 radical (unpaired) electrons. The van der Waals surface area contributed by atoms with E-state index in [1.165, 1.54) is 18.0 Å². The van der Waals surface area contributed by atoms with Crippen molar-refractivity contribution in [2.75, 3.05) is 13.7 Å². The van der Waals surface area contributed by atoms with Gasteiger partial charge in [0.1, 0.15) is 13.3 Å². The Morgan fingerprint density at radius 2 is 2.50 bits per heavy atom. The van der Waals surface area contributed by atoms with E-state index in [-0.39, 0.29) is 13.3 Å². The van der Waals surface area contributed by atoms with E-state index in [9.17, 15) is 4.79 Å². The van der Waals surface area contributed by atoms with Crippen LogP contribution >= 0.6 is 0 Å². The molecule has 0 fully saturated rings. The molecular weight excluding hydrogens is 162 g/mol. The standard InChI is InChI=1S/C6H9N3O3/c1-11-6(10)4-12-5-9-3-2-7-8-9/h2-3H,4-5H2,1H3. The Morgan fingerprint density at radius 3 is 3.08 bits per heavy atom. The van der Waals surface area contributed by atoms with Gasteiger partial charge in [-0.05, 0) is 0 Å². The maximum absolute atomic E-state index is 10.5. The molecule has 0 spiro atoms. The van der Waals surface area contributed by atoms with E-state index < -0.39 is 5.97 Å². The van der Waals surface area contributed by atoms with Crippen LogP contribution in [0.1, 0.15) is 0 Å². The average molecular weight is 171 g/mol. The summed E-state index contributed by atoms with van der Waals surface area (Å²) in [6.07, 6.45) is 3.17. The lowest BCUT2D eigenvalue weighted by atomic mass is 10.7. The van der Waals surface area contributed by atoms with Crippen LogP contribution in [0.25, 0.3) is 0 Å². The fourth-order valence-electron chi connectivity index (χ4n) is 0.583. The molecule has 0 atom stereocenters. The SMILES string of the molecule is COC(=O)COCn1ccnn1. The number of methoxy groups -OCH3 is 1. The van der Waals surface area contributed by atoms with E-state index in [0.717, 1.165) is 0 Å². The van der Waals surface area contributed by atoms with Crippen molar-refractivity contribution in [2.24, 2.45) is 0 Å². The number of esters is 1. The molecule has 66 valence electrons. The molecule has 0 N–H and O–H groups in total. The predicted molar refractivity (Wildman–Crippen MR) is 38.0 cm³/mol. The molecule has 1 rings (SSSR count). The Balaban J connectivity index is 2.15. The van der Waals surface area contributed by atoms with Crippen molar-refractivity contribution in [2.45, 2.75) is 6.73 Å². The first-order valence-corrected chi connectivity index (χ1v) is 3.31. The van der Waals surface area contributed by atoms with Gasteiger partial charge in [-0.2, -0.15) is 0 Å². The fraction of sp³-hybridized carbons (Fsp3) is 0.500. The second kappa shape index (κ2) is 4.45. The molecule has 0 aliphatic carbocycles.